The number of aromatic amines is 1. The maximum Gasteiger partial charge on any atom is 0.335 e. The first-order chi connectivity index (χ1) is 11.9. The lowest BCUT2D eigenvalue weighted by atomic mass is 10.1. The summed E-state index contributed by atoms with van der Waals surface area (Å²) in [6.45, 7) is -2.04. The largest absolute Gasteiger partial charge is 0.493 e. The molecule has 10 heteroatoms. The second-order valence-electron chi connectivity index (χ2n) is 5.27. The van der Waals surface area contributed by atoms with Crippen molar-refractivity contribution in [2.24, 2.45) is 4.99 Å². The van der Waals surface area contributed by atoms with E-state index in [4.69, 9.17) is 0 Å². The summed E-state index contributed by atoms with van der Waals surface area (Å²) in [7, 11) is 0. The molecule has 1 heterocycles. The monoisotopic (exact) mass is 413 g/mol. The van der Waals surface area contributed by atoms with Crippen LogP contribution >= 0.6 is 15.9 Å². The number of aromatic nitrogens is 2. The van der Waals surface area contributed by atoms with Crippen molar-refractivity contribution in [1.82, 2.24) is 9.55 Å². The highest BCUT2D eigenvalue weighted by molar-refractivity contribution is 9.10. The third kappa shape index (κ3) is 3.87. The van der Waals surface area contributed by atoms with E-state index in [0.29, 0.717) is 5.69 Å². The van der Waals surface area contributed by atoms with E-state index in [0.717, 1.165) is 15.3 Å². The Hall–Kier alpha value is -2.27. The predicted octanol–water partition coefficient (Wildman–Crippen LogP) is -0.872. The van der Waals surface area contributed by atoms with Gasteiger partial charge in [0.1, 0.15) is 11.1 Å². The maximum absolute atomic E-state index is 12.0. The number of H-pyrrole nitrogens is 1. The van der Waals surface area contributed by atoms with Crippen LogP contribution in [-0.4, -0.2) is 61.6 Å². The van der Waals surface area contributed by atoms with E-state index in [-0.39, 0.29) is 5.56 Å². The summed E-state index contributed by atoms with van der Waals surface area (Å²) in [5.41, 5.74) is -3.42. The van der Waals surface area contributed by atoms with Gasteiger partial charge in [0, 0.05) is 10.7 Å². The molecule has 1 aromatic heterocycles. The van der Waals surface area contributed by atoms with Crippen molar-refractivity contribution in [2.45, 2.75) is 5.54 Å². The molecule has 0 aliphatic heterocycles. The fourth-order valence-corrected chi connectivity index (χ4v) is 2.22. The van der Waals surface area contributed by atoms with Crippen molar-refractivity contribution in [3.8, 4) is 11.6 Å². The van der Waals surface area contributed by atoms with Crippen LogP contribution in [0.2, 0.25) is 0 Å². The minimum absolute atomic E-state index is 0.300. The van der Waals surface area contributed by atoms with Crippen LogP contribution in [0.1, 0.15) is 5.56 Å². The molecule has 0 saturated heterocycles. The van der Waals surface area contributed by atoms with Gasteiger partial charge in [-0.15, -0.1) is 0 Å². The number of nitrogens with zero attached hydrogens (tertiary/aromatic N) is 2. The Bertz CT molecular complexity index is 875. The molecular formula is C15H16BrN3O6. The van der Waals surface area contributed by atoms with Gasteiger partial charge in [0.2, 0.25) is 5.88 Å². The van der Waals surface area contributed by atoms with Crippen molar-refractivity contribution in [1.29, 1.82) is 0 Å². The second kappa shape index (κ2) is 7.74. The molecule has 9 nitrogen and oxygen atoms in total. The van der Waals surface area contributed by atoms with Crippen LogP contribution in [-0.2, 0) is 0 Å². The van der Waals surface area contributed by atoms with E-state index < -0.39 is 42.5 Å². The number of aliphatic hydroxyl groups excluding tert-OH is 3. The summed E-state index contributed by atoms with van der Waals surface area (Å²) in [5, 5.41) is 38.1. The number of halogens is 1. The number of aliphatic hydroxyl groups is 3. The van der Waals surface area contributed by atoms with Crippen molar-refractivity contribution in [3.05, 3.63) is 55.1 Å². The van der Waals surface area contributed by atoms with Crippen molar-refractivity contribution in [3.63, 3.8) is 0 Å². The zero-order valence-electron chi connectivity index (χ0n) is 12.9. The quantitative estimate of drug-likeness (QED) is 0.388. The number of hydrogen-bond donors (Lipinski definition) is 5. The zero-order chi connectivity index (χ0) is 18.6. The third-order valence-corrected chi connectivity index (χ3v) is 4.08. The smallest absolute Gasteiger partial charge is 0.335 e. The average Bonchev–Trinajstić information content (AvgIpc) is 2.60. The molecule has 0 aliphatic carbocycles. The van der Waals surface area contributed by atoms with Gasteiger partial charge >= 0.3 is 5.69 Å². The van der Waals surface area contributed by atoms with E-state index in [1.807, 2.05) is 0 Å². The first-order valence-corrected chi connectivity index (χ1v) is 7.89. The molecule has 1 aromatic carbocycles. The van der Waals surface area contributed by atoms with Crippen LogP contribution in [0.15, 0.2) is 43.3 Å². The molecule has 0 unspecified atom stereocenters. The van der Waals surface area contributed by atoms with Gasteiger partial charge in [-0.2, -0.15) is 0 Å². The van der Waals surface area contributed by atoms with E-state index in [9.17, 15) is 30.0 Å². The Balaban J connectivity index is 2.61. The molecule has 0 radical (unpaired) electrons. The van der Waals surface area contributed by atoms with Crippen LogP contribution in [0.3, 0.4) is 0 Å². The van der Waals surface area contributed by atoms with E-state index in [1.54, 1.807) is 24.3 Å². The SMILES string of the molecule is O=c1[nH]c(=O)n(-c2ccc(Br)cc2)c(O)c1C=NC(CO)(CO)CO. The van der Waals surface area contributed by atoms with Crippen LogP contribution in [0, 0.1) is 0 Å². The number of hydrogen-bond acceptors (Lipinski definition) is 7. The molecule has 0 fully saturated rings. The van der Waals surface area contributed by atoms with Crippen LogP contribution in [0.5, 0.6) is 5.88 Å². The highest BCUT2D eigenvalue weighted by Crippen LogP contribution is 2.18. The Morgan fingerprint density at radius 3 is 2.20 bits per heavy atom. The average molecular weight is 414 g/mol. The van der Waals surface area contributed by atoms with Gasteiger partial charge in [-0.25, -0.2) is 9.36 Å². The minimum Gasteiger partial charge on any atom is -0.493 e. The summed E-state index contributed by atoms with van der Waals surface area (Å²) in [4.78, 5) is 29.9. The lowest BCUT2D eigenvalue weighted by Crippen LogP contribution is -2.40. The Morgan fingerprint density at radius 2 is 1.68 bits per heavy atom. The van der Waals surface area contributed by atoms with Crippen molar-refractivity contribution in [2.75, 3.05) is 19.8 Å². The molecule has 0 bridgehead atoms. The summed E-state index contributed by atoms with van der Waals surface area (Å²) >= 11 is 3.25. The van der Waals surface area contributed by atoms with Gasteiger partial charge in [-0.3, -0.25) is 14.8 Å². The van der Waals surface area contributed by atoms with Gasteiger partial charge in [-0.1, -0.05) is 15.9 Å². The molecule has 2 rings (SSSR count). The topological polar surface area (TPSA) is 148 Å². The summed E-state index contributed by atoms with van der Waals surface area (Å²) in [6, 6.07) is 6.39. The van der Waals surface area contributed by atoms with Gasteiger partial charge in [0.25, 0.3) is 5.56 Å². The maximum atomic E-state index is 12.0. The molecule has 0 amide bonds. The predicted molar refractivity (Wildman–Crippen MR) is 93.6 cm³/mol. The molecule has 25 heavy (non-hydrogen) atoms. The standard InChI is InChI=1S/C15H16BrN3O6/c16-9-1-3-10(4-2-9)19-13(24)11(12(23)18-14(19)25)5-17-15(6-20,7-21)8-22/h1-5,20-22,24H,6-8H2,(H,18,23,25). The number of nitrogens with one attached hydrogen (secondary N) is 1. The first-order valence-electron chi connectivity index (χ1n) is 7.09. The van der Waals surface area contributed by atoms with E-state index >= 15 is 0 Å². The third-order valence-electron chi connectivity index (χ3n) is 3.56. The van der Waals surface area contributed by atoms with Crippen LogP contribution in [0.4, 0.5) is 0 Å². The van der Waals surface area contributed by atoms with Crippen molar-refractivity contribution >= 4 is 22.1 Å². The molecule has 0 aliphatic rings. The molecule has 134 valence electrons. The molecule has 2 aromatic rings. The Labute approximate surface area is 149 Å². The van der Waals surface area contributed by atoms with Crippen molar-refractivity contribution < 1.29 is 20.4 Å². The molecule has 5 N–H and O–H groups in total. The van der Waals surface area contributed by atoms with E-state index in [2.05, 4.69) is 25.9 Å². The zero-order valence-corrected chi connectivity index (χ0v) is 14.5. The second-order valence-corrected chi connectivity index (χ2v) is 6.18. The van der Waals surface area contributed by atoms with Crippen LogP contribution < -0.4 is 11.2 Å². The van der Waals surface area contributed by atoms with Gasteiger partial charge in [-0.05, 0) is 24.3 Å². The Morgan fingerprint density at radius 1 is 1.12 bits per heavy atom. The Kier molecular flexibility index (Phi) is 5.90. The molecule has 0 spiro atoms. The number of rotatable bonds is 6. The molecular weight excluding hydrogens is 398 g/mol. The van der Waals surface area contributed by atoms with Crippen LogP contribution in [0.25, 0.3) is 5.69 Å². The highest BCUT2D eigenvalue weighted by atomic mass is 79.9. The molecule has 0 saturated carbocycles. The number of benzene rings is 1. The van der Waals surface area contributed by atoms with Gasteiger partial charge < -0.3 is 20.4 Å². The minimum atomic E-state index is -1.61. The normalized spacial score (nSPS) is 12.0. The fourth-order valence-electron chi connectivity index (χ4n) is 1.96. The number of aromatic hydroxyl groups is 1. The van der Waals surface area contributed by atoms with E-state index in [1.165, 1.54) is 0 Å². The highest BCUT2D eigenvalue weighted by Gasteiger charge is 2.27. The lowest BCUT2D eigenvalue weighted by Gasteiger charge is -2.22. The van der Waals surface area contributed by atoms with Gasteiger partial charge in [0.05, 0.1) is 25.5 Å². The number of aliphatic imine (C=N–C) groups is 1. The fraction of sp³-hybridized carbons (Fsp3) is 0.267. The summed E-state index contributed by atoms with van der Waals surface area (Å²) in [6.07, 6.45) is 0.894. The molecule has 0 atom stereocenters. The lowest BCUT2D eigenvalue weighted by molar-refractivity contribution is 0.0718. The van der Waals surface area contributed by atoms with Gasteiger partial charge in [0.15, 0.2) is 0 Å². The summed E-state index contributed by atoms with van der Waals surface area (Å²) in [5.74, 6) is -0.664. The summed E-state index contributed by atoms with van der Waals surface area (Å²) < 4.78 is 1.63. The first kappa shape index (κ1) is 19.1.